The SMILES string of the molecule is CC1CCC(N(CCc2cc(F)cc(F)c2)C(=O)Nc2ncc(SC(C)(C)C(=O)O)s2)CC1. The molecule has 0 atom stereocenters. The monoisotopic (exact) mass is 497 g/mol. The molecule has 0 unspecified atom stereocenters. The largest absolute Gasteiger partial charge is 0.480 e. The highest BCUT2D eigenvalue weighted by molar-refractivity contribution is 8.03. The number of carboxylic acids is 1. The van der Waals surface area contributed by atoms with Gasteiger partial charge in [0, 0.05) is 18.7 Å². The van der Waals surface area contributed by atoms with Crippen molar-refractivity contribution < 1.29 is 23.5 Å². The molecule has 1 aliphatic rings. The molecular weight excluding hydrogens is 468 g/mol. The smallest absolute Gasteiger partial charge is 0.323 e. The molecule has 2 N–H and O–H groups in total. The Morgan fingerprint density at radius 2 is 1.85 bits per heavy atom. The van der Waals surface area contributed by atoms with Gasteiger partial charge in [0.05, 0.1) is 10.4 Å². The van der Waals surface area contributed by atoms with Crippen LogP contribution in [0, 0.1) is 17.6 Å². The number of carbonyl (C=O) groups excluding carboxylic acids is 1. The van der Waals surface area contributed by atoms with E-state index in [9.17, 15) is 23.5 Å². The first kappa shape index (κ1) is 25.4. The van der Waals surface area contributed by atoms with Gasteiger partial charge in [0.2, 0.25) is 0 Å². The topological polar surface area (TPSA) is 82.5 Å². The number of urea groups is 1. The fraction of sp³-hybridized carbons (Fsp3) is 0.522. The van der Waals surface area contributed by atoms with Crippen LogP contribution in [0.2, 0.25) is 0 Å². The van der Waals surface area contributed by atoms with Crippen LogP contribution in [0.1, 0.15) is 52.0 Å². The molecule has 6 nitrogen and oxygen atoms in total. The Kier molecular flexibility index (Phi) is 8.33. The zero-order valence-electron chi connectivity index (χ0n) is 18.9. The number of nitrogens with zero attached hydrogens (tertiary/aromatic N) is 2. The fourth-order valence-corrected chi connectivity index (χ4v) is 6.10. The number of amides is 2. The third-order valence-electron chi connectivity index (χ3n) is 5.82. The lowest BCUT2D eigenvalue weighted by atomic mass is 9.86. The molecule has 180 valence electrons. The lowest BCUT2D eigenvalue weighted by molar-refractivity contribution is -0.138. The number of thioether (sulfide) groups is 1. The summed E-state index contributed by atoms with van der Waals surface area (Å²) in [6, 6.07) is 3.14. The molecule has 10 heteroatoms. The molecule has 1 saturated carbocycles. The van der Waals surface area contributed by atoms with E-state index in [0.717, 1.165) is 31.7 Å². The number of hydrogen-bond donors (Lipinski definition) is 2. The number of aliphatic carboxylic acids is 1. The van der Waals surface area contributed by atoms with Crippen LogP contribution in [0.15, 0.2) is 28.6 Å². The zero-order valence-corrected chi connectivity index (χ0v) is 20.6. The van der Waals surface area contributed by atoms with Gasteiger partial charge >= 0.3 is 12.0 Å². The van der Waals surface area contributed by atoms with Gasteiger partial charge in [0.25, 0.3) is 0 Å². The van der Waals surface area contributed by atoms with Crippen LogP contribution in [-0.2, 0) is 11.2 Å². The van der Waals surface area contributed by atoms with Crippen molar-refractivity contribution in [1.29, 1.82) is 0 Å². The number of benzene rings is 1. The lowest BCUT2D eigenvalue weighted by Crippen LogP contribution is -2.45. The van der Waals surface area contributed by atoms with E-state index in [0.29, 0.717) is 33.8 Å². The van der Waals surface area contributed by atoms with Gasteiger partial charge < -0.3 is 10.0 Å². The summed E-state index contributed by atoms with van der Waals surface area (Å²) in [5, 5.41) is 12.5. The molecular formula is C23H29F2N3O3S2. The summed E-state index contributed by atoms with van der Waals surface area (Å²) in [5.41, 5.74) is 0.498. The molecule has 1 aliphatic carbocycles. The standard InChI is InChI=1S/C23H29F2N3O3S2/c1-14-4-6-18(7-5-14)28(9-8-15-10-16(24)12-17(25)11-15)22(31)27-21-26-13-19(32-21)33-23(2,3)20(29)30/h10-14,18H,4-9H2,1-3H3,(H,29,30)(H,26,27,31). The quantitative estimate of drug-likeness (QED) is 0.435. The third-order valence-corrected chi connectivity index (χ3v) is 8.02. The van der Waals surface area contributed by atoms with Crippen LogP contribution in [0.3, 0.4) is 0 Å². The summed E-state index contributed by atoms with van der Waals surface area (Å²) in [5.74, 6) is -1.59. The van der Waals surface area contributed by atoms with Crippen molar-refractivity contribution in [2.75, 3.05) is 11.9 Å². The number of rotatable bonds is 8. The number of carbonyl (C=O) groups is 2. The van der Waals surface area contributed by atoms with Crippen LogP contribution >= 0.6 is 23.1 Å². The summed E-state index contributed by atoms with van der Waals surface area (Å²) in [7, 11) is 0. The van der Waals surface area contributed by atoms with Gasteiger partial charge in [-0.2, -0.15) is 0 Å². The molecule has 0 spiro atoms. The Hall–Kier alpha value is -2.20. The third kappa shape index (κ3) is 7.14. The van der Waals surface area contributed by atoms with E-state index in [4.69, 9.17) is 0 Å². The summed E-state index contributed by atoms with van der Waals surface area (Å²) >= 11 is 2.39. The number of carboxylic acid groups (broad SMARTS) is 1. The van der Waals surface area contributed by atoms with Crippen molar-refractivity contribution in [3.8, 4) is 0 Å². The average Bonchev–Trinajstić information content (AvgIpc) is 3.14. The molecule has 33 heavy (non-hydrogen) atoms. The normalized spacial score (nSPS) is 18.7. The van der Waals surface area contributed by atoms with Crippen molar-refractivity contribution in [3.63, 3.8) is 0 Å². The van der Waals surface area contributed by atoms with Gasteiger partial charge in [-0.15, -0.1) is 0 Å². The molecule has 3 rings (SSSR count). The minimum atomic E-state index is -1.02. The maximum atomic E-state index is 13.6. The highest BCUT2D eigenvalue weighted by atomic mass is 32.2. The van der Waals surface area contributed by atoms with Crippen molar-refractivity contribution >= 4 is 40.2 Å². The molecule has 0 aliphatic heterocycles. The molecule has 2 amide bonds. The molecule has 1 heterocycles. The first-order valence-electron chi connectivity index (χ1n) is 10.9. The van der Waals surface area contributed by atoms with Crippen LogP contribution < -0.4 is 5.32 Å². The van der Waals surface area contributed by atoms with Crippen LogP contribution in [-0.4, -0.2) is 44.3 Å². The number of nitrogens with one attached hydrogen (secondary N) is 1. The number of halogens is 2. The maximum Gasteiger partial charge on any atom is 0.323 e. The Morgan fingerprint density at radius 3 is 2.45 bits per heavy atom. The fourth-order valence-electron chi connectivity index (χ4n) is 3.83. The molecule has 0 bridgehead atoms. The van der Waals surface area contributed by atoms with Crippen molar-refractivity contribution in [1.82, 2.24) is 9.88 Å². The van der Waals surface area contributed by atoms with Crippen LogP contribution in [0.4, 0.5) is 18.7 Å². The van der Waals surface area contributed by atoms with Crippen molar-refractivity contribution in [2.45, 2.75) is 67.9 Å². The minimum Gasteiger partial charge on any atom is -0.480 e. The summed E-state index contributed by atoms with van der Waals surface area (Å²) in [4.78, 5) is 30.5. The Morgan fingerprint density at radius 1 is 1.21 bits per heavy atom. The first-order valence-corrected chi connectivity index (χ1v) is 12.6. The summed E-state index contributed by atoms with van der Waals surface area (Å²) in [6.07, 6.45) is 5.67. The van der Waals surface area contributed by atoms with Gasteiger partial charge in [0.15, 0.2) is 5.13 Å². The Labute approximate surface area is 200 Å². The van der Waals surface area contributed by atoms with E-state index in [1.54, 1.807) is 24.9 Å². The maximum absolute atomic E-state index is 13.6. The van der Waals surface area contributed by atoms with Gasteiger partial charge in [-0.3, -0.25) is 10.1 Å². The number of aromatic nitrogens is 1. The number of hydrogen-bond acceptors (Lipinski definition) is 5. The molecule has 1 fully saturated rings. The highest BCUT2D eigenvalue weighted by Crippen LogP contribution is 2.37. The Bertz CT molecular complexity index is 971. The van der Waals surface area contributed by atoms with E-state index in [1.165, 1.54) is 35.2 Å². The second-order valence-electron chi connectivity index (χ2n) is 8.97. The van der Waals surface area contributed by atoms with E-state index >= 15 is 0 Å². The highest BCUT2D eigenvalue weighted by Gasteiger charge is 2.30. The zero-order chi connectivity index (χ0) is 24.2. The van der Waals surface area contributed by atoms with E-state index in [1.807, 2.05) is 0 Å². The second-order valence-corrected chi connectivity index (χ2v) is 11.9. The number of thiazole rings is 1. The Balaban J connectivity index is 1.70. The van der Waals surface area contributed by atoms with Gasteiger partial charge in [-0.1, -0.05) is 30.0 Å². The molecule has 0 saturated heterocycles. The van der Waals surface area contributed by atoms with E-state index < -0.39 is 22.4 Å². The van der Waals surface area contributed by atoms with Crippen molar-refractivity contribution in [3.05, 3.63) is 41.6 Å². The number of anilines is 1. The summed E-state index contributed by atoms with van der Waals surface area (Å²) < 4.78 is 26.8. The predicted octanol–water partition coefficient (Wildman–Crippen LogP) is 6.03. The molecule has 1 aromatic heterocycles. The van der Waals surface area contributed by atoms with Gasteiger partial charge in [-0.05, 0) is 69.6 Å². The van der Waals surface area contributed by atoms with Crippen LogP contribution in [0.25, 0.3) is 0 Å². The predicted molar refractivity (Wildman–Crippen MR) is 127 cm³/mol. The molecule has 0 radical (unpaired) electrons. The van der Waals surface area contributed by atoms with Gasteiger partial charge in [0.1, 0.15) is 16.4 Å². The molecule has 1 aromatic carbocycles. The second kappa shape index (κ2) is 10.8. The lowest BCUT2D eigenvalue weighted by Gasteiger charge is -2.36. The summed E-state index contributed by atoms with van der Waals surface area (Å²) in [6.45, 7) is 5.74. The van der Waals surface area contributed by atoms with Crippen molar-refractivity contribution in [2.24, 2.45) is 5.92 Å². The van der Waals surface area contributed by atoms with E-state index in [2.05, 4.69) is 17.2 Å². The average molecular weight is 498 g/mol. The van der Waals surface area contributed by atoms with Gasteiger partial charge in [-0.25, -0.2) is 18.6 Å². The first-order chi connectivity index (χ1) is 15.5. The molecule has 2 aromatic rings. The van der Waals surface area contributed by atoms with E-state index in [-0.39, 0.29) is 12.1 Å². The minimum absolute atomic E-state index is 0.0411. The van der Waals surface area contributed by atoms with Crippen LogP contribution in [0.5, 0.6) is 0 Å².